The van der Waals surface area contributed by atoms with Crippen molar-refractivity contribution in [3.63, 3.8) is 0 Å². The van der Waals surface area contributed by atoms with E-state index in [1.54, 1.807) is 43.5 Å². The summed E-state index contributed by atoms with van der Waals surface area (Å²) in [6.07, 6.45) is 0.639. The summed E-state index contributed by atoms with van der Waals surface area (Å²) < 4.78 is 37.5. The van der Waals surface area contributed by atoms with Gasteiger partial charge in [-0.2, -0.15) is 8.42 Å². The smallest absolute Gasteiger partial charge is 0.293 e. The van der Waals surface area contributed by atoms with E-state index in [9.17, 15) is 13.2 Å². The Balaban J connectivity index is 1.39. The van der Waals surface area contributed by atoms with Crippen molar-refractivity contribution in [1.29, 1.82) is 0 Å². The average molecular weight is 447 g/mol. The minimum absolute atomic E-state index is 0.0874. The third-order valence-corrected chi connectivity index (χ3v) is 7.44. The molecule has 0 radical (unpaired) electrons. The predicted molar refractivity (Wildman–Crippen MR) is 112 cm³/mol. The monoisotopic (exact) mass is 446 g/mol. The largest absolute Gasteiger partial charge is 0.497 e. The minimum Gasteiger partial charge on any atom is -0.497 e. The second-order valence-electron chi connectivity index (χ2n) is 6.34. The van der Waals surface area contributed by atoms with Crippen LogP contribution < -0.4 is 19.1 Å². The van der Waals surface area contributed by atoms with Crippen molar-refractivity contribution in [1.82, 2.24) is 10.2 Å². The molecule has 1 aliphatic rings. The van der Waals surface area contributed by atoms with Crippen molar-refractivity contribution in [2.45, 2.75) is 10.8 Å². The molecule has 0 bridgehead atoms. The first-order valence-electron chi connectivity index (χ1n) is 8.98. The molecule has 1 aromatic heterocycles. The molecule has 2 heterocycles. The van der Waals surface area contributed by atoms with E-state index >= 15 is 0 Å². The fourth-order valence-corrected chi connectivity index (χ4v) is 5.52. The van der Waals surface area contributed by atoms with Crippen LogP contribution in [-0.2, 0) is 21.2 Å². The molecule has 0 saturated carbocycles. The SMILES string of the molecule is COc1ccc(OCC(=O)Nc2nnc(S(=O)(=O)N3CCc4ccccc43)s2)cc1. The van der Waals surface area contributed by atoms with Crippen LogP contribution in [0, 0.1) is 0 Å². The lowest BCUT2D eigenvalue weighted by Gasteiger charge is -2.17. The summed E-state index contributed by atoms with van der Waals surface area (Å²) in [5.74, 6) is 0.701. The zero-order valence-electron chi connectivity index (χ0n) is 15.9. The quantitative estimate of drug-likeness (QED) is 0.555. The second-order valence-corrected chi connectivity index (χ2v) is 9.35. The summed E-state index contributed by atoms with van der Waals surface area (Å²) in [4.78, 5) is 12.1. The van der Waals surface area contributed by atoms with Crippen molar-refractivity contribution in [3.05, 3.63) is 54.1 Å². The van der Waals surface area contributed by atoms with Gasteiger partial charge in [0.2, 0.25) is 5.13 Å². The normalized spacial score (nSPS) is 13.0. The van der Waals surface area contributed by atoms with E-state index < -0.39 is 15.9 Å². The van der Waals surface area contributed by atoms with Crippen molar-refractivity contribution >= 4 is 38.1 Å². The lowest BCUT2D eigenvalue weighted by atomic mass is 10.2. The predicted octanol–water partition coefficient (Wildman–Crippen LogP) is 2.32. The summed E-state index contributed by atoms with van der Waals surface area (Å²) >= 11 is 0.800. The maximum atomic E-state index is 12.9. The molecule has 156 valence electrons. The van der Waals surface area contributed by atoms with E-state index in [-0.39, 0.29) is 16.1 Å². The van der Waals surface area contributed by atoms with Gasteiger partial charge in [-0.05, 0) is 42.3 Å². The molecule has 0 atom stereocenters. The van der Waals surface area contributed by atoms with Crippen LogP contribution in [0.2, 0.25) is 0 Å². The number of benzene rings is 2. The molecular weight excluding hydrogens is 428 g/mol. The molecule has 0 spiro atoms. The Morgan fingerprint density at radius 2 is 1.87 bits per heavy atom. The number of nitrogens with zero attached hydrogens (tertiary/aromatic N) is 3. The van der Waals surface area contributed by atoms with Crippen LogP contribution in [0.1, 0.15) is 5.56 Å². The number of carbonyl (C=O) groups excluding carboxylic acids is 1. The molecule has 1 aliphatic heterocycles. The zero-order chi connectivity index (χ0) is 21.1. The first-order chi connectivity index (χ1) is 14.5. The average Bonchev–Trinajstić information content (AvgIpc) is 3.40. The number of methoxy groups -OCH3 is 1. The van der Waals surface area contributed by atoms with Gasteiger partial charge in [-0.1, -0.05) is 29.5 Å². The van der Waals surface area contributed by atoms with Gasteiger partial charge in [0.15, 0.2) is 6.61 Å². The number of ether oxygens (including phenoxy) is 2. The Kier molecular flexibility index (Phi) is 5.55. The molecule has 1 amide bonds. The molecule has 2 aromatic carbocycles. The summed E-state index contributed by atoms with van der Waals surface area (Å²) in [6.45, 7) is 0.0894. The number of carbonyl (C=O) groups is 1. The number of hydrogen-bond acceptors (Lipinski definition) is 8. The van der Waals surface area contributed by atoms with Crippen LogP contribution in [0.5, 0.6) is 11.5 Å². The van der Waals surface area contributed by atoms with E-state index in [4.69, 9.17) is 9.47 Å². The van der Waals surface area contributed by atoms with Crippen LogP contribution in [0.3, 0.4) is 0 Å². The third-order valence-electron chi connectivity index (χ3n) is 4.44. The van der Waals surface area contributed by atoms with Crippen LogP contribution in [0.4, 0.5) is 10.8 Å². The Morgan fingerprint density at radius 3 is 2.63 bits per heavy atom. The van der Waals surface area contributed by atoms with E-state index in [0.29, 0.717) is 30.2 Å². The summed E-state index contributed by atoms with van der Waals surface area (Å²) in [7, 11) is -2.29. The molecule has 0 saturated heterocycles. The third kappa shape index (κ3) is 4.07. The number of para-hydroxylation sites is 1. The van der Waals surface area contributed by atoms with Crippen LogP contribution in [0.15, 0.2) is 52.9 Å². The van der Waals surface area contributed by atoms with Gasteiger partial charge in [0.25, 0.3) is 20.3 Å². The lowest BCUT2D eigenvalue weighted by molar-refractivity contribution is -0.118. The first kappa shape index (κ1) is 20.1. The van der Waals surface area contributed by atoms with Crippen molar-refractivity contribution < 1.29 is 22.7 Å². The molecule has 0 fully saturated rings. The number of hydrogen-bond donors (Lipinski definition) is 1. The topological polar surface area (TPSA) is 111 Å². The molecule has 11 heteroatoms. The fraction of sp³-hybridized carbons (Fsp3) is 0.211. The van der Waals surface area contributed by atoms with Gasteiger partial charge in [0.05, 0.1) is 12.8 Å². The number of amides is 1. The van der Waals surface area contributed by atoms with Gasteiger partial charge in [0.1, 0.15) is 11.5 Å². The minimum atomic E-state index is -3.85. The molecule has 30 heavy (non-hydrogen) atoms. The fourth-order valence-electron chi connectivity index (χ4n) is 2.99. The number of fused-ring (bicyclic) bond motifs is 1. The highest BCUT2D eigenvalue weighted by Gasteiger charge is 2.33. The number of aromatic nitrogens is 2. The second kappa shape index (κ2) is 8.28. The Morgan fingerprint density at radius 1 is 1.13 bits per heavy atom. The first-order valence-corrected chi connectivity index (χ1v) is 11.2. The zero-order valence-corrected chi connectivity index (χ0v) is 17.6. The van der Waals surface area contributed by atoms with Gasteiger partial charge < -0.3 is 9.47 Å². The van der Waals surface area contributed by atoms with Crippen LogP contribution in [-0.4, -0.2) is 44.8 Å². The van der Waals surface area contributed by atoms with E-state index in [1.807, 2.05) is 12.1 Å². The van der Waals surface area contributed by atoms with E-state index in [2.05, 4.69) is 15.5 Å². The Hall–Kier alpha value is -3.18. The Labute approximate surface area is 177 Å². The van der Waals surface area contributed by atoms with Gasteiger partial charge in [-0.25, -0.2) is 0 Å². The van der Waals surface area contributed by atoms with Crippen molar-refractivity contribution in [3.8, 4) is 11.5 Å². The standard InChI is InChI=1S/C19H18N4O5S2/c1-27-14-6-8-15(9-7-14)28-12-17(24)20-18-21-22-19(29-18)30(25,26)23-11-10-13-4-2-3-5-16(13)23/h2-9H,10-12H2,1H3,(H,20,21,24). The molecule has 4 rings (SSSR count). The van der Waals surface area contributed by atoms with Gasteiger partial charge in [-0.3, -0.25) is 14.4 Å². The lowest BCUT2D eigenvalue weighted by Crippen LogP contribution is -2.29. The number of sulfonamides is 1. The van der Waals surface area contributed by atoms with Gasteiger partial charge >= 0.3 is 0 Å². The number of anilines is 2. The van der Waals surface area contributed by atoms with Crippen LogP contribution >= 0.6 is 11.3 Å². The molecule has 0 unspecified atom stereocenters. The van der Waals surface area contributed by atoms with Crippen molar-refractivity contribution in [2.75, 3.05) is 29.9 Å². The summed E-state index contributed by atoms with van der Waals surface area (Å²) in [6, 6.07) is 14.1. The Bertz CT molecular complexity index is 1160. The molecular formula is C19H18N4O5S2. The molecule has 1 N–H and O–H groups in total. The highest BCUT2D eigenvalue weighted by molar-refractivity contribution is 7.94. The highest BCUT2D eigenvalue weighted by atomic mass is 32.2. The van der Waals surface area contributed by atoms with E-state index in [0.717, 1.165) is 16.9 Å². The number of rotatable bonds is 7. The molecule has 9 nitrogen and oxygen atoms in total. The van der Waals surface area contributed by atoms with Crippen LogP contribution in [0.25, 0.3) is 0 Å². The maximum Gasteiger partial charge on any atom is 0.293 e. The summed E-state index contributed by atoms with van der Waals surface area (Å²) in [5, 5.41) is 10.1. The van der Waals surface area contributed by atoms with Crippen molar-refractivity contribution in [2.24, 2.45) is 0 Å². The maximum absolute atomic E-state index is 12.9. The highest BCUT2D eigenvalue weighted by Crippen LogP contribution is 2.34. The van der Waals surface area contributed by atoms with Gasteiger partial charge in [-0.15, -0.1) is 10.2 Å². The van der Waals surface area contributed by atoms with E-state index in [1.165, 1.54) is 4.31 Å². The number of nitrogens with one attached hydrogen (secondary N) is 1. The van der Waals surface area contributed by atoms with Gasteiger partial charge in [0, 0.05) is 6.54 Å². The molecule has 0 aliphatic carbocycles. The summed E-state index contributed by atoms with van der Waals surface area (Å²) in [5.41, 5.74) is 1.61. The molecule has 3 aromatic rings.